The molecule has 2 aromatic carbocycles. The molecular weight excluding hydrogens is 423 g/mol. The molecule has 1 aliphatic heterocycles. The average molecular weight is 449 g/mol. The molecule has 1 saturated heterocycles. The molecule has 1 aromatic heterocycles. The number of piperidine rings is 1. The lowest BCUT2D eigenvalue weighted by Crippen LogP contribution is -2.61. The molecule has 0 unspecified atom stereocenters. The molecule has 0 saturated carbocycles. The molecule has 30 heavy (non-hydrogen) atoms. The predicted octanol–water partition coefficient (Wildman–Crippen LogP) is 2.91. The molecule has 3 N–H and O–H groups in total. The van der Waals surface area contributed by atoms with E-state index in [9.17, 15) is 9.90 Å². The molecule has 4 rings (SSSR count). The van der Waals surface area contributed by atoms with E-state index in [1.807, 2.05) is 67.7 Å². The summed E-state index contributed by atoms with van der Waals surface area (Å²) in [7, 11) is 1.83. The van der Waals surface area contributed by atoms with Crippen molar-refractivity contribution in [1.82, 2.24) is 20.2 Å². The maximum absolute atomic E-state index is 13.2. The lowest BCUT2D eigenvalue weighted by atomic mass is 9.79. The number of hydrogen-bond donors (Lipinski definition) is 3. The van der Waals surface area contributed by atoms with Crippen molar-refractivity contribution >= 4 is 30.7 Å². The molecule has 0 spiro atoms. The number of aliphatic hydroxyl groups excluding tert-OH is 1. The summed E-state index contributed by atoms with van der Waals surface area (Å²) in [6.07, 6.45) is 1.46. The fourth-order valence-corrected chi connectivity index (χ4v) is 3.90. The van der Waals surface area contributed by atoms with E-state index in [0.29, 0.717) is 25.2 Å². The third kappa shape index (κ3) is 4.37. The number of imidazole rings is 1. The summed E-state index contributed by atoms with van der Waals surface area (Å²) in [5.41, 5.74) is 1.48. The van der Waals surface area contributed by atoms with E-state index in [0.717, 1.165) is 17.0 Å². The first kappa shape index (κ1) is 23.9. The second-order valence-corrected chi connectivity index (χ2v) is 7.15. The molecule has 160 valence electrons. The number of benzene rings is 2. The highest BCUT2D eigenvalue weighted by molar-refractivity contribution is 5.94. The minimum Gasteiger partial charge on any atom is -0.389 e. The third-order valence-electron chi connectivity index (χ3n) is 5.48. The smallest absolute Gasteiger partial charge is 0.270 e. The van der Waals surface area contributed by atoms with Crippen LogP contribution in [0.1, 0.15) is 22.5 Å². The summed E-state index contributed by atoms with van der Waals surface area (Å²) >= 11 is 0. The van der Waals surface area contributed by atoms with E-state index < -0.39 is 11.6 Å². The van der Waals surface area contributed by atoms with Gasteiger partial charge < -0.3 is 20.3 Å². The molecule has 1 amide bonds. The highest BCUT2D eigenvalue weighted by atomic mass is 35.5. The second-order valence-electron chi connectivity index (χ2n) is 7.15. The van der Waals surface area contributed by atoms with Crippen molar-refractivity contribution in [3.05, 3.63) is 78.1 Å². The van der Waals surface area contributed by atoms with E-state index in [1.165, 1.54) is 0 Å². The lowest BCUT2D eigenvalue weighted by molar-refractivity contribution is 0.0286. The Morgan fingerprint density at radius 3 is 2.40 bits per heavy atom. The van der Waals surface area contributed by atoms with Crippen LogP contribution in [0.2, 0.25) is 0 Å². The van der Waals surface area contributed by atoms with Gasteiger partial charge in [0, 0.05) is 19.2 Å². The quantitative estimate of drug-likeness (QED) is 0.573. The summed E-state index contributed by atoms with van der Waals surface area (Å²) < 4.78 is 1.79. The van der Waals surface area contributed by atoms with E-state index in [-0.39, 0.29) is 30.7 Å². The molecule has 6 nitrogen and oxygen atoms in total. The van der Waals surface area contributed by atoms with Gasteiger partial charge in [0.25, 0.3) is 5.91 Å². The largest absolute Gasteiger partial charge is 0.389 e. The number of β-amino-alcohol motifs (C(OH)–C–C–N with tert-alkyl or cyclic N) is 1. The van der Waals surface area contributed by atoms with Crippen molar-refractivity contribution < 1.29 is 9.90 Å². The zero-order valence-corrected chi connectivity index (χ0v) is 18.2. The number of rotatable bonds is 4. The Hall–Kier alpha value is -2.38. The number of nitrogens with zero attached hydrogens (tertiary/aromatic N) is 2. The molecular formula is C22H26Cl2N4O2. The van der Waals surface area contributed by atoms with Gasteiger partial charge in [-0.25, -0.2) is 4.98 Å². The van der Waals surface area contributed by atoms with Gasteiger partial charge in [0.2, 0.25) is 0 Å². The number of nitrogens with one attached hydrogen (secondary N) is 2. The van der Waals surface area contributed by atoms with E-state index in [1.54, 1.807) is 10.8 Å². The van der Waals surface area contributed by atoms with Crippen LogP contribution in [0.15, 0.2) is 66.9 Å². The fraction of sp³-hybridized carbons (Fsp3) is 0.273. The molecule has 8 heteroatoms. The number of aliphatic hydroxyl groups is 1. The van der Waals surface area contributed by atoms with E-state index >= 15 is 0 Å². The molecule has 3 aromatic rings. The summed E-state index contributed by atoms with van der Waals surface area (Å²) in [6, 6.07) is 19.4. The Labute approximate surface area is 188 Å². The van der Waals surface area contributed by atoms with Crippen LogP contribution in [0.4, 0.5) is 0 Å². The van der Waals surface area contributed by atoms with E-state index in [4.69, 9.17) is 0 Å². The SMILES string of the molecule is Cl.Cl.Cn1c(C(=O)N[C@]2(c3ccccc3)CCNC[C@H]2O)cnc1-c1ccccc1. The standard InChI is InChI=1S/C22H24N4O2.2ClH/c1-26-18(14-24-20(26)16-8-4-2-5-9-16)21(28)25-22(12-13-23-15-19(22)27)17-10-6-3-7-11-17;;/h2-11,14,19,23,27H,12-13,15H2,1H3,(H,25,28);2*1H/t19-,22+;;/m1../s1. The van der Waals surface area contributed by atoms with Gasteiger partial charge in [-0.15, -0.1) is 24.8 Å². The zero-order chi connectivity index (χ0) is 19.6. The number of carbonyl (C=O) groups is 1. The topological polar surface area (TPSA) is 79.2 Å². The highest BCUT2D eigenvalue weighted by Crippen LogP contribution is 2.31. The number of hydrogen-bond acceptors (Lipinski definition) is 4. The summed E-state index contributed by atoms with van der Waals surface area (Å²) in [4.78, 5) is 17.6. The van der Waals surface area contributed by atoms with Crippen molar-refractivity contribution in [3.63, 3.8) is 0 Å². The first-order chi connectivity index (χ1) is 13.6. The summed E-state index contributed by atoms with van der Waals surface area (Å²) in [5, 5.41) is 17.1. The number of aromatic nitrogens is 2. The van der Waals surface area contributed by atoms with Gasteiger partial charge in [-0.05, 0) is 18.5 Å². The first-order valence-corrected chi connectivity index (χ1v) is 9.46. The van der Waals surface area contributed by atoms with Gasteiger partial charge in [0.1, 0.15) is 11.5 Å². The zero-order valence-electron chi connectivity index (χ0n) is 16.6. The van der Waals surface area contributed by atoms with Gasteiger partial charge in [0.15, 0.2) is 0 Å². The minimum absolute atomic E-state index is 0. The minimum atomic E-state index is -0.833. The summed E-state index contributed by atoms with van der Waals surface area (Å²) in [6.45, 7) is 1.14. The van der Waals surface area contributed by atoms with Crippen molar-refractivity contribution in [3.8, 4) is 11.4 Å². The van der Waals surface area contributed by atoms with Gasteiger partial charge in [-0.3, -0.25) is 4.79 Å². The Balaban J connectivity index is 0.00000160. The normalized spacial score (nSPS) is 20.5. The monoisotopic (exact) mass is 448 g/mol. The lowest BCUT2D eigenvalue weighted by Gasteiger charge is -2.42. The van der Waals surface area contributed by atoms with Gasteiger partial charge in [-0.2, -0.15) is 0 Å². The Bertz CT molecular complexity index is 966. The van der Waals surface area contributed by atoms with Gasteiger partial charge >= 0.3 is 0 Å². The summed E-state index contributed by atoms with van der Waals surface area (Å²) in [5.74, 6) is 0.479. The molecule has 1 fully saturated rings. The maximum Gasteiger partial charge on any atom is 0.270 e. The van der Waals surface area contributed by atoms with Crippen LogP contribution in [0, 0.1) is 0 Å². The van der Waals surface area contributed by atoms with Crippen LogP contribution >= 0.6 is 24.8 Å². The number of carbonyl (C=O) groups excluding carboxylic acids is 1. The molecule has 2 heterocycles. The molecule has 0 radical (unpaired) electrons. The van der Waals surface area contributed by atoms with Crippen LogP contribution in [0.3, 0.4) is 0 Å². The van der Waals surface area contributed by atoms with Crippen LogP contribution in [0.25, 0.3) is 11.4 Å². The third-order valence-corrected chi connectivity index (χ3v) is 5.48. The van der Waals surface area contributed by atoms with Crippen molar-refractivity contribution in [2.24, 2.45) is 7.05 Å². The van der Waals surface area contributed by atoms with Crippen molar-refractivity contribution in [2.45, 2.75) is 18.1 Å². The average Bonchev–Trinajstić information content (AvgIpc) is 3.12. The molecule has 1 aliphatic rings. The molecule has 0 aliphatic carbocycles. The predicted molar refractivity (Wildman–Crippen MR) is 122 cm³/mol. The highest BCUT2D eigenvalue weighted by Gasteiger charge is 2.43. The van der Waals surface area contributed by atoms with E-state index in [2.05, 4.69) is 15.6 Å². The maximum atomic E-state index is 13.2. The van der Waals surface area contributed by atoms with Crippen molar-refractivity contribution in [1.29, 1.82) is 0 Å². The Kier molecular flexibility index (Phi) is 8.03. The van der Waals surface area contributed by atoms with Crippen LogP contribution in [-0.2, 0) is 12.6 Å². The number of halogens is 2. The molecule has 2 atom stereocenters. The second kappa shape index (κ2) is 10.1. The Morgan fingerprint density at radius 2 is 1.77 bits per heavy atom. The number of amides is 1. The molecule has 0 bridgehead atoms. The van der Waals surface area contributed by atoms with Gasteiger partial charge in [-0.1, -0.05) is 60.7 Å². The van der Waals surface area contributed by atoms with Gasteiger partial charge in [0.05, 0.1) is 17.8 Å². The first-order valence-electron chi connectivity index (χ1n) is 9.46. The fourth-order valence-electron chi connectivity index (χ4n) is 3.90. The van der Waals surface area contributed by atoms with Crippen LogP contribution in [0.5, 0.6) is 0 Å². The van der Waals surface area contributed by atoms with Crippen LogP contribution < -0.4 is 10.6 Å². The van der Waals surface area contributed by atoms with Crippen molar-refractivity contribution in [2.75, 3.05) is 13.1 Å². The van der Waals surface area contributed by atoms with Crippen LogP contribution in [-0.4, -0.2) is 39.8 Å². The Morgan fingerprint density at radius 1 is 1.13 bits per heavy atom.